The molecule has 0 saturated carbocycles. The summed E-state index contributed by atoms with van der Waals surface area (Å²) in [6.07, 6.45) is 1.42. The van der Waals surface area contributed by atoms with Crippen molar-refractivity contribution < 1.29 is 14.8 Å². The van der Waals surface area contributed by atoms with Gasteiger partial charge < -0.3 is 5.11 Å². The molecule has 2 rings (SSSR count). The number of nitro benzene ring substituents is 1. The molecule has 0 aromatic heterocycles. The highest BCUT2D eigenvalue weighted by molar-refractivity contribution is 6.32. The summed E-state index contributed by atoms with van der Waals surface area (Å²) in [5.74, 6) is -1.07. The summed E-state index contributed by atoms with van der Waals surface area (Å²) in [5.41, 5.74) is 0.989. The Morgan fingerprint density at radius 1 is 1.22 bits per heavy atom. The fraction of sp³-hybridized carbons (Fsp3) is 0. The average molecular weight is 329 g/mol. The first kappa shape index (κ1) is 16.2. The molecule has 0 spiro atoms. The minimum atomic E-state index is -1.07. The second-order valence-electron chi connectivity index (χ2n) is 4.52. The first-order valence-corrected chi connectivity index (χ1v) is 6.69. The molecule has 0 aliphatic carbocycles. The Balaban J connectivity index is 2.47. The van der Waals surface area contributed by atoms with Gasteiger partial charge in [-0.05, 0) is 29.8 Å². The zero-order valence-corrected chi connectivity index (χ0v) is 12.3. The normalized spacial score (nSPS) is 10.9. The number of nitrogens with zero attached hydrogens (tertiary/aromatic N) is 2. The molecular weight excluding hydrogens is 320 g/mol. The summed E-state index contributed by atoms with van der Waals surface area (Å²) in [5, 5.41) is 29.2. The highest BCUT2D eigenvalue weighted by atomic mass is 35.5. The van der Waals surface area contributed by atoms with Crippen LogP contribution in [0.25, 0.3) is 11.6 Å². The number of carboxylic acids is 1. The molecule has 0 atom stereocenters. The van der Waals surface area contributed by atoms with Gasteiger partial charge in [-0.1, -0.05) is 23.7 Å². The van der Waals surface area contributed by atoms with Crippen molar-refractivity contribution in [1.82, 2.24) is 0 Å². The number of nitriles is 1. The number of hydrogen-bond acceptors (Lipinski definition) is 4. The van der Waals surface area contributed by atoms with E-state index in [0.717, 1.165) is 0 Å². The van der Waals surface area contributed by atoms with Gasteiger partial charge in [0, 0.05) is 22.7 Å². The Labute approximate surface area is 136 Å². The number of carbonyl (C=O) groups is 1. The highest BCUT2D eigenvalue weighted by Gasteiger charge is 2.10. The lowest BCUT2D eigenvalue weighted by molar-refractivity contribution is -0.384. The molecule has 1 N–H and O–H groups in total. The summed E-state index contributed by atoms with van der Waals surface area (Å²) in [6, 6.07) is 11.6. The number of rotatable bonds is 4. The third-order valence-electron chi connectivity index (χ3n) is 3.05. The van der Waals surface area contributed by atoms with E-state index in [0.29, 0.717) is 11.1 Å². The number of aromatic carboxylic acids is 1. The standard InChI is InChI=1S/C16H9ClN2O4/c17-15-6-5-14(19(22)23)8-12(15)7-13(9-18)10-1-3-11(4-2-10)16(20)21/h1-8H,(H,20,21). The summed E-state index contributed by atoms with van der Waals surface area (Å²) in [4.78, 5) is 21.1. The SMILES string of the molecule is N#CC(=Cc1cc([N+](=O)[O-])ccc1Cl)c1ccc(C(=O)O)cc1. The minimum absolute atomic E-state index is 0.0967. The van der Waals surface area contributed by atoms with Crippen molar-refractivity contribution in [3.05, 3.63) is 74.3 Å². The number of carboxylic acid groups (broad SMARTS) is 1. The Kier molecular flexibility index (Phi) is 4.74. The minimum Gasteiger partial charge on any atom is -0.478 e. The van der Waals surface area contributed by atoms with Crippen molar-refractivity contribution >= 4 is 34.9 Å². The van der Waals surface area contributed by atoms with Gasteiger partial charge in [0.25, 0.3) is 5.69 Å². The van der Waals surface area contributed by atoms with Gasteiger partial charge >= 0.3 is 5.97 Å². The maximum atomic E-state index is 10.8. The Bertz CT molecular complexity index is 851. The van der Waals surface area contributed by atoms with Crippen LogP contribution in [0.4, 0.5) is 5.69 Å². The van der Waals surface area contributed by atoms with E-state index < -0.39 is 10.9 Å². The first-order valence-electron chi connectivity index (χ1n) is 6.32. The number of hydrogen-bond donors (Lipinski definition) is 1. The number of halogens is 1. The third-order valence-corrected chi connectivity index (χ3v) is 3.40. The molecule has 0 aliphatic rings. The van der Waals surface area contributed by atoms with Crippen LogP contribution in [0.3, 0.4) is 0 Å². The summed E-state index contributed by atoms with van der Waals surface area (Å²) in [7, 11) is 0. The van der Waals surface area contributed by atoms with Crippen molar-refractivity contribution in [2.45, 2.75) is 0 Å². The smallest absolute Gasteiger partial charge is 0.335 e. The molecule has 0 aliphatic heterocycles. The second kappa shape index (κ2) is 6.73. The van der Waals surface area contributed by atoms with Gasteiger partial charge in [0.2, 0.25) is 0 Å². The van der Waals surface area contributed by atoms with Gasteiger partial charge in [0.15, 0.2) is 0 Å². The number of nitro groups is 1. The van der Waals surface area contributed by atoms with E-state index in [-0.39, 0.29) is 21.8 Å². The molecule has 7 heteroatoms. The van der Waals surface area contributed by atoms with Crippen molar-refractivity contribution in [2.24, 2.45) is 0 Å². The molecule has 2 aromatic rings. The van der Waals surface area contributed by atoms with Crippen molar-refractivity contribution in [2.75, 3.05) is 0 Å². The van der Waals surface area contributed by atoms with Crippen LogP contribution in [0.2, 0.25) is 5.02 Å². The molecule has 0 fully saturated rings. The van der Waals surface area contributed by atoms with Crippen LogP contribution in [0.15, 0.2) is 42.5 Å². The van der Waals surface area contributed by atoms with E-state index in [1.54, 1.807) is 0 Å². The fourth-order valence-electron chi connectivity index (χ4n) is 1.88. The Hall–Kier alpha value is -3.17. The molecule has 0 bridgehead atoms. The topological polar surface area (TPSA) is 104 Å². The molecule has 0 unspecified atom stereocenters. The first-order chi connectivity index (χ1) is 10.9. The average Bonchev–Trinajstić information content (AvgIpc) is 2.54. The molecule has 23 heavy (non-hydrogen) atoms. The molecule has 2 aromatic carbocycles. The van der Waals surface area contributed by atoms with Crippen molar-refractivity contribution in [3.63, 3.8) is 0 Å². The Morgan fingerprint density at radius 2 is 1.83 bits per heavy atom. The lowest BCUT2D eigenvalue weighted by Gasteiger charge is -2.03. The number of non-ortho nitro benzene ring substituents is 1. The summed E-state index contributed by atoms with van der Waals surface area (Å²) >= 11 is 6.00. The molecule has 114 valence electrons. The van der Waals surface area contributed by atoms with Gasteiger partial charge in [0.1, 0.15) is 0 Å². The molecule has 6 nitrogen and oxygen atoms in total. The van der Waals surface area contributed by atoms with Gasteiger partial charge in [-0.3, -0.25) is 10.1 Å². The lowest BCUT2D eigenvalue weighted by Crippen LogP contribution is -1.95. The van der Waals surface area contributed by atoms with Crippen LogP contribution < -0.4 is 0 Å². The predicted molar refractivity (Wildman–Crippen MR) is 85.0 cm³/mol. The van der Waals surface area contributed by atoms with Crippen molar-refractivity contribution in [1.29, 1.82) is 5.26 Å². The van der Waals surface area contributed by atoms with Crippen LogP contribution in [-0.2, 0) is 0 Å². The van der Waals surface area contributed by atoms with Gasteiger partial charge in [-0.15, -0.1) is 0 Å². The largest absolute Gasteiger partial charge is 0.478 e. The summed E-state index contributed by atoms with van der Waals surface area (Å²) in [6.45, 7) is 0. The third kappa shape index (κ3) is 3.73. The predicted octanol–water partition coefficient (Wildman–Crippen LogP) is 4.01. The zero-order chi connectivity index (χ0) is 17.0. The fourth-order valence-corrected chi connectivity index (χ4v) is 2.06. The lowest BCUT2D eigenvalue weighted by atomic mass is 10.0. The summed E-state index contributed by atoms with van der Waals surface area (Å²) < 4.78 is 0. The second-order valence-corrected chi connectivity index (χ2v) is 4.92. The molecule has 0 amide bonds. The number of allylic oxidation sites excluding steroid dienone is 1. The molecule has 0 radical (unpaired) electrons. The van der Waals surface area contributed by atoms with Crippen LogP contribution in [0.5, 0.6) is 0 Å². The Morgan fingerprint density at radius 3 is 2.35 bits per heavy atom. The van der Waals surface area contributed by atoms with E-state index >= 15 is 0 Å². The van der Waals surface area contributed by atoms with Crippen LogP contribution in [0, 0.1) is 21.4 Å². The molecule has 0 heterocycles. The van der Waals surface area contributed by atoms with E-state index in [1.807, 2.05) is 6.07 Å². The molecule has 0 saturated heterocycles. The monoisotopic (exact) mass is 328 g/mol. The van der Waals surface area contributed by atoms with E-state index in [4.69, 9.17) is 16.7 Å². The molecular formula is C16H9ClN2O4. The van der Waals surface area contributed by atoms with Crippen LogP contribution >= 0.6 is 11.6 Å². The van der Waals surface area contributed by atoms with Gasteiger partial charge in [-0.25, -0.2) is 4.79 Å². The number of benzene rings is 2. The van der Waals surface area contributed by atoms with E-state index in [1.165, 1.54) is 48.5 Å². The van der Waals surface area contributed by atoms with Gasteiger partial charge in [-0.2, -0.15) is 5.26 Å². The van der Waals surface area contributed by atoms with Crippen molar-refractivity contribution in [3.8, 4) is 6.07 Å². The quantitative estimate of drug-likeness (QED) is 0.395. The van der Waals surface area contributed by atoms with Crippen LogP contribution in [0.1, 0.15) is 21.5 Å². The maximum absolute atomic E-state index is 10.8. The van der Waals surface area contributed by atoms with Gasteiger partial charge in [0.05, 0.1) is 22.1 Å². The van der Waals surface area contributed by atoms with E-state index in [9.17, 15) is 20.2 Å². The maximum Gasteiger partial charge on any atom is 0.335 e. The van der Waals surface area contributed by atoms with E-state index in [2.05, 4.69) is 0 Å². The highest BCUT2D eigenvalue weighted by Crippen LogP contribution is 2.26. The van der Waals surface area contributed by atoms with Crippen LogP contribution in [-0.4, -0.2) is 16.0 Å². The zero-order valence-electron chi connectivity index (χ0n) is 11.6.